The van der Waals surface area contributed by atoms with E-state index >= 15 is 0 Å². The van der Waals surface area contributed by atoms with Gasteiger partial charge in [-0.05, 0) is 18.2 Å². The minimum atomic E-state index is -0.160. The van der Waals surface area contributed by atoms with Crippen LogP contribution in [0.1, 0.15) is 10.4 Å². The first-order valence-electron chi connectivity index (χ1n) is 4.72. The fraction of sp³-hybridized carbons (Fsp3) is 0.182. The van der Waals surface area contributed by atoms with E-state index in [9.17, 15) is 4.79 Å². The van der Waals surface area contributed by atoms with Crippen LogP contribution >= 0.6 is 23.2 Å². The Hall–Kier alpha value is -1.19. The first kappa shape index (κ1) is 11.3. The smallest absolute Gasteiger partial charge is 0.261 e. The molecule has 0 fully saturated rings. The number of rotatable bonds is 2. The first-order chi connectivity index (χ1) is 7.72. The third-order valence-corrected chi connectivity index (χ3v) is 2.60. The van der Waals surface area contributed by atoms with Gasteiger partial charge in [0.1, 0.15) is 12.0 Å². The largest absolute Gasteiger partial charge is 0.463 e. The Morgan fingerprint density at radius 3 is 2.94 bits per heavy atom. The van der Waals surface area contributed by atoms with Crippen LogP contribution in [-0.4, -0.2) is 23.2 Å². The molecular weight excluding hydrogens is 249 g/mol. The molecule has 1 amide bonds. The van der Waals surface area contributed by atoms with Gasteiger partial charge in [0.25, 0.3) is 5.91 Å². The molecule has 1 aliphatic heterocycles. The predicted octanol–water partition coefficient (Wildman–Crippen LogP) is 2.88. The Bertz CT molecular complexity index is 446. The van der Waals surface area contributed by atoms with Crippen LogP contribution in [0.3, 0.4) is 0 Å². The summed E-state index contributed by atoms with van der Waals surface area (Å²) in [6.45, 7) is 0.437. The van der Waals surface area contributed by atoms with Crippen molar-refractivity contribution in [3.8, 4) is 5.75 Å². The van der Waals surface area contributed by atoms with E-state index in [2.05, 4.69) is 0 Å². The number of nitrogens with zero attached hydrogens (tertiary/aromatic N) is 1. The molecular formula is C11H9Cl2NO2. The summed E-state index contributed by atoms with van der Waals surface area (Å²) < 4.78 is 5.31. The van der Waals surface area contributed by atoms with E-state index in [1.54, 1.807) is 24.4 Å². The molecule has 0 radical (unpaired) electrons. The molecule has 1 aromatic carbocycles. The third-order valence-electron chi connectivity index (χ3n) is 2.19. The van der Waals surface area contributed by atoms with E-state index in [-0.39, 0.29) is 5.91 Å². The van der Waals surface area contributed by atoms with Crippen molar-refractivity contribution in [2.45, 2.75) is 0 Å². The number of alkyl halides is 1. The highest BCUT2D eigenvalue weighted by molar-refractivity contribution is 6.31. The van der Waals surface area contributed by atoms with Crippen molar-refractivity contribution in [2.24, 2.45) is 0 Å². The summed E-state index contributed by atoms with van der Waals surface area (Å²) in [5, 5.41) is 0.503. The van der Waals surface area contributed by atoms with Gasteiger partial charge in [-0.25, -0.2) is 0 Å². The van der Waals surface area contributed by atoms with Gasteiger partial charge in [-0.15, -0.1) is 11.6 Å². The summed E-state index contributed by atoms with van der Waals surface area (Å²) in [5.41, 5.74) is 0.447. The zero-order valence-corrected chi connectivity index (χ0v) is 9.83. The number of carbonyl (C=O) groups is 1. The van der Waals surface area contributed by atoms with Crippen LogP contribution in [0.2, 0.25) is 5.02 Å². The van der Waals surface area contributed by atoms with E-state index in [1.165, 1.54) is 11.2 Å². The Morgan fingerprint density at radius 1 is 1.38 bits per heavy atom. The van der Waals surface area contributed by atoms with Crippen LogP contribution in [0, 0.1) is 0 Å². The second-order valence-corrected chi connectivity index (χ2v) is 4.05. The van der Waals surface area contributed by atoms with E-state index in [1.807, 2.05) is 0 Å². The lowest BCUT2D eigenvalue weighted by molar-refractivity contribution is 0.0831. The topological polar surface area (TPSA) is 29.5 Å². The SMILES string of the molecule is O=C1c2cc(Cl)ccc2OC=CN1CCCl. The van der Waals surface area contributed by atoms with Gasteiger partial charge in [0.05, 0.1) is 5.56 Å². The third kappa shape index (κ3) is 2.15. The molecule has 1 aromatic rings. The summed E-state index contributed by atoms with van der Waals surface area (Å²) in [7, 11) is 0. The van der Waals surface area contributed by atoms with Crippen LogP contribution in [0.15, 0.2) is 30.7 Å². The van der Waals surface area contributed by atoms with Crippen molar-refractivity contribution in [3.63, 3.8) is 0 Å². The molecule has 0 saturated heterocycles. The number of hydrogen-bond acceptors (Lipinski definition) is 2. The Morgan fingerprint density at radius 2 is 2.19 bits per heavy atom. The van der Waals surface area contributed by atoms with Crippen molar-refractivity contribution in [3.05, 3.63) is 41.2 Å². The molecule has 3 nitrogen and oxygen atoms in total. The summed E-state index contributed by atoms with van der Waals surface area (Å²) >= 11 is 11.5. The summed E-state index contributed by atoms with van der Waals surface area (Å²) in [6, 6.07) is 4.94. The monoisotopic (exact) mass is 257 g/mol. The van der Waals surface area contributed by atoms with Crippen molar-refractivity contribution >= 4 is 29.1 Å². The lowest BCUT2D eigenvalue weighted by Crippen LogP contribution is -2.26. The maximum atomic E-state index is 12.1. The number of carbonyl (C=O) groups excluding carboxylic acids is 1. The van der Waals surface area contributed by atoms with Crippen LogP contribution in [0.25, 0.3) is 0 Å². The quantitative estimate of drug-likeness (QED) is 0.763. The lowest BCUT2D eigenvalue weighted by Gasteiger charge is -2.15. The van der Waals surface area contributed by atoms with Gasteiger partial charge in [-0.1, -0.05) is 11.6 Å². The van der Waals surface area contributed by atoms with Crippen LogP contribution in [-0.2, 0) is 0 Å². The fourth-order valence-electron chi connectivity index (χ4n) is 1.44. The molecule has 84 valence electrons. The lowest BCUT2D eigenvalue weighted by atomic mass is 10.2. The van der Waals surface area contributed by atoms with Gasteiger partial charge in [0.2, 0.25) is 0 Å². The van der Waals surface area contributed by atoms with Crippen LogP contribution in [0.5, 0.6) is 5.75 Å². The molecule has 2 rings (SSSR count). The molecule has 0 spiro atoms. The minimum Gasteiger partial charge on any atom is -0.463 e. The van der Waals surface area contributed by atoms with Gasteiger partial charge in [-0.3, -0.25) is 4.79 Å². The molecule has 0 N–H and O–H groups in total. The molecule has 1 heterocycles. The molecule has 16 heavy (non-hydrogen) atoms. The standard InChI is InChI=1S/C11H9Cl2NO2/c12-3-4-14-5-6-16-10-2-1-8(13)7-9(10)11(14)15/h1-2,5-7H,3-4H2. The first-order valence-corrected chi connectivity index (χ1v) is 5.63. The van der Waals surface area contributed by atoms with E-state index < -0.39 is 0 Å². The second kappa shape index (κ2) is 4.76. The van der Waals surface area contributed by atoms with Crippen molar-refractivity contribution in [1.29, 1.82) is 0 Å². The van der Waals surface area contributed by atoms with E-state index in [0.29, 0.717) is 28.8 Å². The Kier molecular flexibility index (Phi) is 3.36. The highest BCUT2D eigenvalue weighted by atomic mass is 35.5. The Balaban J connectivity index is 2.40. The van der Waals surface area contributed by atoms with E-state index in [0.717, 1.165) is 0 Å². The fourth-order valence-corrected chi connectivity index (χ4v) is 1.79. The zero-order valence-electron chi connectivity index (χ0n) is 8.32. The average Bonchev–Trinajstić information content (AvgIpc) is 2.42. The normalized spacial score (nSPS) is 14.4. The number of benzene rings is 1. The molecule has 1 aliphatic rings. The molecule has 0 aliphatic carbocycles. The maximum Gasteiger partial charge on any atom is 0.261 e. The van der Waals surface area contributed by atoms with Crippen molar-refractivity contribution in [2.75, 3.05) is 12.4 Å². The number of halogens is 2. The number of amides is 1. The summed E-state index contributed by atoms with van der Waals surface area (Å²) in [4.78, 5) is 13.6. The molecule has 0 bridgehead atoms. The van der Waals surface area contributed by atoms with Gasteiger partial charge in [-0.2, -0.15) is 0 Å². The van der Waals surface area contributed by atoms with Gasteiger partial charge >= 0.3 is 0 Å². The molecule has 5 heteroatoms. The Labute approximate surface area is 103 Å². The van der Waals surface area contributed by atoms with Crippen molar-refractivity contribution in [1.82, 2.24) is 4.90 Å². The summed E-state index contributed by atoms with van der Waals surface area (Å²) in [6.07, 6.45) is 3.03. The molecule has 0 atom stereocenters. The minimum absolute atomic E-state index is 0.160. The van der Waals surface area contributed by atoms with Gasteiger partial charge < -0.3 is 9.64 Å². The number of hydrogen-bond donors (Lipinski definition) is 0. The summed E-state index contributed by atoms with van der Waals surface area (Å²) in [5.74, 6) is 0.709. The van der Waals surface area contributed by atoms with Gasteiger partial charge in [0.15, 0.2) is 0 Å². The molecule has 0 aromatic heterocycles. The average molecular weight is 258 g/mol. The second-order valence-electron chi connectivity index (χ2n) is 3.23. The zero-order chi connectivity index (χ0) is 11.5. The highest BCUT2D eigenvalue weighted by Gasteiger charge is 2.20. The highest BCUT2D eigenvalue weighted by Crippen LogP contribution is 2.26. The van der Waals surface area contributed by atoms with Gasteiger partial charge in [0, 0.05) is 23.6 Å². The van der Waals surface area contributed by atoms with Crippen LogP contribution < -0.4 is 4.74 Å². The predicted molar refractivity (Wildman–Crippen MR) is 63.0 cm³/mol. The molecule has 0 saturated carbocycles. The maximum absolute atomic E-state index is 12.1. The van der Waals surface area contributed by atoms with Crippen LogP contribution in [0.4, 0.5) is 0 Å². The van der Waals surface area contributed by atoms with E-state index in [4.69, 9.17) is 27.9 Å². The molecule has 0 unspecified atom stereocenters. The number of fused-ring (bicyclic) bond motifs is 1. The van der Waals surface area contributed by atoms with Crippen molar-refractivity contribution < 1.29 is 9.53 Å². The number of ether oxygens (including phenoxy) is 1.